The molecule has 0 radical (unpaired) electrons. The molecule has 4 rings (SSSR count). The van der Waals surface area contributed by atoms with Crippen molar-refractivity contribution in [3.05, 3.63) is 71.3 Å². The minimum absolute atomic E-state index is 0.0437. The van der Waals surface area contributed by atoms with Gasteiger partial charge in [-0.05, 0) is 41.5 Å². The number of hydrogen-bond donors (Lipinski definition) is 1. The highest BCUT2D eigenvalue weighted by molar-refractivity contribution is 5.83. The lowest BCUT2D eigenvalue weighted by molar-refractivity contribution is 0.0431. The molecule has 1 unspecified atom stereocenters. The number of morpholine rings is 1. The van der Waals surface area contributed by atoms with Crippen molar-refractivity contribution in [3.8, 4) is 5.75 Å². The van der Waals surface area contributed by atoms with Gasteiger partial charge in [-0.3, -0.25) is 0 Å². The SMILES string of the molecule is O=C(N1CCOCC1)N1CC=C(c2cc(F)ccc2F)C1c1cccc(O)c1. The van der Waals surface area contributed by atoms with Crippen molar-refractivity contribution in [2.24, 2.45) is 0 Å². The normalized spacial score (nSPS) is 19.6. The molecule has 1 N–H and O–H groups in total. The van der Waals surface area contributed by atoms with Gasteiger partial charge in [-0.2, -0.15) is 0 Å². The van der Waals surface area contributed by atoms with Gasteiger partial charge < -0.3 is 19.6 Å². The van der Waals surface area contributed by atoms with Crippen LogP contribution in [-0.2, 0) is 4.74 Å². The lowest BCUT2D eigenvalue weighted by Gasteiger charge is -2.35. The first-order chi connectivity index (χ1) is 13.5. The Labute approximate surface area is 161 Å². The van der Waals surface area contributed by atoms with E-state index < -0.39 is 17.7 Å². The Hall–Kier alpha value is -2.93. The maximum atomic E-state index is 14.5. The van der Waals surface area contributed by atoms with Gasteiger partial charge in [0.15, 0.2) is 0 Å². The van der Waals surface area contributed by atoms with Crippen LogP contribution in [0.4, 0.5) is 13.6 Å². The Kier molecular flexibility index (Phi) is 5.00. The third-order valence-corrected chi connectivity index (χ3v) is 5.07. The molecule has 1 saturated heterocycles. The van der Waals surface area contributed by atoms with E-state index >= 15 is 0 Å². The number of halogens is 2. The van der Waals surface area contributed by atoms with E-state index in [9.17, 15) is 18.7 Å². The van der Waals surface area contributed by atoms with Crippen LogP contribution in [0.2, 0.25) is 0 Å². The van der Waals surface area contributed by atoms with Crippen molar-refractivity contribution >= 4 is 11.6 Å². The Balaban J connectivity index is 1.74. The van der Waals surface area contributed by atoms with E-state index in [0.717, 1.165) is 18.2 Å². The number of carbonyl (C=O) groups excluding carboxylic acids is 1. The maximum Gasteiger partial charge on any atom is 0.321 e. The van der Waals surface area contributed by atoms with Crippen LogP contribution in [0.1, 0.15) is 17.2 Å². The van der Waals surface area contributed by atoms with Crippen LogP contribution < -0.4 is 0 Å². The van der Waals surface area contributed by atoms with Gasteiger partial charge in [0.2, 0.25) is 0 Å². The summed E-state index contributed by atoms with van der Waals surface area (Å²) in [6.45, 7) is 2.16. The smallest absolute Gasteiger partial charge is 0.321 e. The van der Waals surface area contributed by atoms with E-state index in [2.05, 4.69) is 0 Å². The predicted molar refractivity (Wildman–Crippen MR) is 99.7 cm³/mol. The van der Waals surface area contributed by atoms with Crippen LogP contribution in [0.3, 0.4) is 0 Å². The number of benzene rings is 2. The molecule has 2 heterocycles. The van der Waals surface area contributed by atoms with Crippen LogP contribution in [0.15, 0.2) is 48.5 Å². The molecule has 0 saturated carbocycles. The quantitative estimate of drug-likeness (QED) is 0.859. The van der Waals surface area contributed by atoms with E-state index in [1.807, 2.05) is 0 Å². The molecule has 0 aromatic heterocycles. The summed E-state index contributed by atoms with van der Waals surface area (Å²) in [6, 6.07) is 8.96. The molecule has 1 fully saturated rings. The molecule has 2 amide bonds. The van der Waals surface area contributed by atoms with E-state index in [0.29, 0.717) is 37.4 Å². The number of ether oxygens (including phenoxy) is 1. The van der Waals surface area contributed by atoms with Crippen LogP contribution >= 0.6 is 0 Å². The summed E-state index contributed by atoms with van der Waals surface area (Å²) in [5.41, 5.74) is 1.25. The zero-order valence-electron chi connectivity index (χ0n) is 15.1. The summed E-state index contributed by atoms with van der Waals surface area (Å²) in [5.74, 6) is -1.06. The van der Waals surface area contributed by atoms with E-state index in [1.165, 1.54) is 6.07 Å². The third-order valence-electron chi connectivity index (χ3n) is 5.07. The Morgan fingerprint density at radius 3 is 2.64 bits per heavy atom. The highest BCUT2D eigenvalue weighted by Gasteiger charge is 2.36. The predicted octanol–water partition coefficient (Wildman–Crippen LogP) is 3.56. The average molecular weight is 386 g/mol. The molecule has 1 atom stereocenters. The number of hydrogen-bond acceptors (Lipinski definition) is 3. The molecule has 0 aliphatic carbocycles. The highest BCUT2D eigenvalue weighted by Crippen LogP contribution is 2.41. The van der Waals surface area contributed by atoms with Gasteiger partial charge in [-0.15, -0.1) is 0 Å². The molecule has 2 aliphatic heterocycles. The van der Waals surface area contributed by atoms with Gasteiger partial charge in [0.25, 0.3) is 0 Å². The van der Waals surface area contributed by atoms with Crippen molar-refractivity contribution in [2.45, 2.75) is 6.04 Å². The number of aromatic hydroxyl groups is 1. The largest absolute Gasteiger partial charge is 0.508 e. The minimum Gasteiger partial charge on any atom is -0.508 e. The van der Waals surface area contributed by atoms with Crippen LogP contribution in [-0.4, -0.2) is 53.8 Å². The monoisotopic (exact) mass is 386 g/mol. The number of carbonyl (C=O) groups is 1. The van der Waals surface area contributed by atoms with E-state index in [4.69, 9.17) is 4.74 Å². The maximum absolute atomic E-state index is 14.5. The summed E-state index contributed by atoms with van der Waals surface area (Å²) >= 11 is 0. The van der Waals surface area contributed by atoms with Crippen LogP contribution in [0.5, 0.6) is 5.75 Å². The van der Waals surface area contributed by atoms with Crippen molar-refractivity contribution < 1.29 is 23.4 Å². The summed E-state index contributed by atoms with van der Waals surface area (Å²) in [7, 11) is 0. The Bertz CT molecular complexity index is 926. The van der Waals surface area contributed by atoms with Crippen LogP contribution in [0.25, 0.3) is 5.57 Å². The fourth-order valence-electron chi connectivity index (χ4n) is 3.74. The molecular weight excluding hydrogens is 366 g/mol. The topological polar surface area (TPSA) is 53.0 Å². The summed E-state index contributed by atoms with van der Waals surface area (Å²) in [4.78, 5) is 16.4. The molecular formula is C21H20F2N2O3. The summed E-state index contributed by atoms with van der Waals surface area (Å²) < 4.78 is 33.6. The minimum atomic E-state index is -0.626. The van der Waals surface area contributed by atoms with Crippen molar-refractivity contribution in [1.29, 1.82) is 0 Å². The number of phenolic OH excluding ortho intramolecular Hbond substituents is 1. The number of amides is 2. The second-order valence-electron chi connectivity index (χ2n) is 6.82. The van der Waals surface area contributed by atoms with Gasteiger partial charge in [0.1, 0.15) is 17.4 Å². The number of urea groups is 1. The molecule has 2 aromatic rings. The second kappa shape index (κ2) is 7.59. The molecule has 2 aliphatic rings. The lowest BCUT2D eigenvalue weighted by atomic mass is 9.93. The number of phenols is 1. The van der Waals surface area contributed by atoms with Gasteiger partial charge in [-0.25, -0.2) is 13.6 Å². The van der Waals surface area contributed by atoms with Crippen molar-refractivity contribution in [2.75, 3.05) is 32.8 Å². The first kappa shape index (κ1) is 18.4. The molecule has 7 heteroatoms. The molecule has 0 spiro atoms. The number of rotatable bonds is 2. The van der Waals surface area contributed by atoms with Crippen LogP contribution in [0, 0.1) is 11.6 Å². The zero-order chi connectivity index (χ0) is 19.7. The molecule has 0 bridgehead atoms. The zero-order valence-corrected chi connectivity index (χ0v) is 15.1. The standard InChI is InChI=1S/C21H20F2N2O3/c22-15-4-5-19(23)18(13-15)17-6-7-25(21(27)24-8-10-28-11-9-24)20(17)14-2-1-3-16(26)12-14/h1-6,12-13,20,26H,7-11H2. The van der Waals surface area contributed by atoms with Crippen molar-refractivity contribution in [3.63, 3.8) is 0 Å². The molecule has 146 valence electrons. The average Bonchev–Trinajstić information content (AvgIpc) is 3.15. The fourth-order valence-corrected chi connectivity index (χ4v) is 3.74. The Morgan fingerprint density at radius 2 is 1.89 bits per heavy atom. The van der Waals surface area contributed by atoms with Gasteiger partial charge >= 0.3 is 6.03 Å². The molecule has 28 heavy (non-hydrogen) atoms. The van der Waals surface area contributed by atoms with Crippen molar-refractivity contribution in [1.82, 2.24) is 9.80 Å². The van der Waals surface area contributed by atoms with Gasteiger partial charge in [0.05, 0.1) is 19.3 Å². The first-order valence-corrected chi connectivity index (χ1v) is 9.12. The Morgan fingerprint density at radius 1 is 1.11 bits per heavy atom. The van der Waals surface area contributed by atoms with E-state index in [1.54, 1.807) is 34.1 Å². The number of nitrogens with zero attached hydrogens (tertiary/aromatic N) is 2. The first-order valence-electron chi connectivity index (χ1n) is 9.12. The van der Waals surface area contributed by atoms with E-state index in [-0.39, 0.29) is 23.9 Å². The third kappa shape index (κ3) is 3.45. The lowest BCUT2D eigenvalue weighted by Crippen LogP contribution is -2.48. The molecule has 2 aromatic carbocycles. The van der Waals surface area contributed by atoms with Gasteiger partial charge in [-0.1, -0.05) is 18.2 Å². The van der Waals surface area contributed by atoms with Gasteiger partial charge in [0, 0.05) is 25.2 Å². The molecule has 5 nitrogen and oxygen atoms in total. The fraction of sp³-hybridized carbons (Fsp3) is 0.286. The summed E-state index contributed by atoms with van der Waals surface area (Å²) in [6.07, 6.45) is 1.74. The summed E-state index contributed by atoms with van der Waals surface area (Å²) in [5, 5.41) is 9.92. The highest BCUT2D eigenvalue weighted by atomic mass is 19.1. The second-order valence-corrected chi connectivity index (χ2v) is 6.82.